The molecule has 0 aliphatic rings. The van der Waals surface area contributed by atoms with Crippen molar-refractivity contribution < 1.29 is 9.18 Å². The SMILES string of the molecule is Cc1ccc(NC(=O)CSc2nc3ccsc3c(=O)n2Cc2ccccc2)cc1F. The first-order chi connectivity index (χ1) is 14.5. The van der Waals surface area contributed by atoms with Gasteiger partial charge in [0.05, 0.1) is 17.8 Å². The second-order valence-corrected chi connectivity index (χ2v) is 8.57. The van der Waals surface area contributed by atoms with Crippen LogP contribution >= 0.6 is 23.1 Å². The maximum Gasteiger partial charge on any atom is 0.272 e. The van der Waals surface area contributed by atoms with Crippen LogP contribution in [0.2, 0.25) is 0 Å². The number of anilines is 1. The smallest absolute Gasteiger partial charge is 0.272 e. The molecular formula is C22H18FN3O2S2. The maximum atomic E-state index is 13.7. The largest absolute Gasteiger partial charge is 0.325 e. The fourth-order valence-electron chi connectivity index (χ4n) is 2.94. The number of aromatic nitrogens is 2. The summed E-state index contributed by atoms with van der Waals surface area (Å²) >= 11 is 2.54. The molecule has 2 heterocycles. The number of aryl methyl sites for hydroxylation is 1. The van der Waals surface area contributed by atoms with Gasteiger partial charge in [0.25, 0.3) is 5.56 Å². The predicted molar refractivity (Wildman–Crippen MR) is 120 cm³/mol. The first kappa shape index (κ1) is 20.3. The number of halogens is 1. The van der Waals surface area contributed by atoms with Crippen molar-refractivity contribution in [2.45, 2.75) is 18.6 Å². The molecule has 0 fully saturated rings. The molecule has 0 bridgehead atoms. The molecule has 30 heavy (non-hydrogen) atoms. The summed E-state index contributed by atoms with van der Waals surface area (Å²) < 4.78 is 15.9. The minimum absolute atomic E-state index is 0.0480. The number of thiophene rings is 1. The summed E-state index contributed by atoms with van der Waals surface area (Å²) in [6.07, 6.45) is 0. The van der Waals surface area contributed by atoms with Crippen molar-refractivity contribution in [2.75, 3.05) is 11.1 Å². The highest BCUT2D eigenvalue weighted by Gasteiger charge is 2.15. The molecule has 4 rings (SSSR count). The Balaban J connectivity index is 1.56. The standard InChI is InChI=1S/C22H18FN3O2S2/c1-14-7-8-16(11-17(14)23)24-19(27)13-30-22-25-18-9-10-29-20(18)21(28)26(22)12-15-5-3-2-4-6-15/h2-11H,12-13H2,1H3,(H,24,27). The van der Waals surface area contributed by atoms with Crippen LogP contribution < -0.4 is 10.9 Å². The van der Waals surface area contributed by atoms with Gasteiger partial charge in [-0.15, -0.1) is 11.3 Å². The molecule has 0 aliphatic carbocycles. The van der Waals surface area contributed by atoms with Crippen molar-refractivity contribution >= 4 is 44.9 Å². The van der Waals surface area contributed by atoms with Gasteiger partial charge in [-0.25, -0.2) is 9.37 Å². The van der Waals surface area contributed by atoms with Crippen LogP contribution in [-0.2, 0) is 11.3 Å². The van der Waals surface area contributed by atoms with E-state index in [0.29, 0.717) is 33.2 Å². The van der Waals surface area contributed by atoms with Crippen molar-refractivity contribution in [3.05, 3.63) is 87.3 Å². The van der Waals surface area contributed by atoms with Gasteiger partial charge in [-0.1, -0.05) is 48.2 Å². The van der Waals surface area contributed by atoms with Crippen LogP contribution in [0, 0.1) is 12.7 Å². The average Bonchev–Trinajstić information content (AvgIpc) is 3.21. The summed E-state index contributed by atoms with van der Waals surface area (Å²) in [4.78, 5) is 30.0. The Hall–Kier alpha value is -2.97. The Bertz CT molecular complexity index is 1270. The van der Waals surface area contributed by atoms with Crippen molar-refractivity contribution in [2.24, 2.45) is 0 Å². The molecule has 0 saturated heterocycles. The lowest BCUT2D eigenvalue weighted by molar-refractivity contribution is -0.113. The summed E-state index contributed by atoms with van der Waals surface area (Å²) in [6, 6.07) is 16.0. The van der Waals surface area contributed by atoms with E-state index < -0.39 is 0 Å². The molecule has 1 amide bonds. The van der Waals surface area contributed by atoms with Crippen LogP contribution in [0.3, 0.4) is 0 Å². The van der Waals surface area contributed by atoms with Gasteiger partial charge in [-0.05, 0) is 41.6 Å². The van der Waals surface area contributed by atoms with Crippen molar-refractivity contribution in [1.82, 2.24) is 9.55 Å². The summed E-state index contributed by atoms with van der Waals surface area (Å²) in [5, 5.41) is 4.99. The lowest BCUT2D eigenvalue weighted by Gasteiger charge is -2.12. The molecule has 2 aromatic carbocycles. The van der Waals surface area contributed by atoms with E-state index in [1.54, 1.807) is 29.7 Å². The second-order valence-electron chi connectivity index (χ2n) is 6.71. The van der Waals surface area contributed by atoms with Gasteiger partial charge in [0.2, 0.25) is 5.91 Å². The number of rotatable bonds is 6. The summed E-state index contributed by atoms with van der Waals surface area (Å²) in [5.74, 6) is -0.622. The van der Waals surface area contributed by atoms with E-state index in [4.69, 9.17) is 0 Å². The van der Waals surface area contributed by atoms with Crippen LogP contribution in [0.25, 0.3) is 10.2 Å². The molecule has 0 saturated carbocycles. The summed E-state index contributed by atoms with van der Waals surface area (Å²) in [7, 11) is 0. The maximum absolute atomic E-state index is 13.7. The zero-order chi connectivity index (χ0) is 21.1. The number of nitrogens with one attached hydrogen (secondary N) is 1. The molecule has 8 heteroatoms. The van der Waals surface area contributed by atoms with Gasteiger partial charge in [0.1, 0.15) is 10.5 Å². The Kier molecular flexibility index (Phi) is 5.96. The number of carbonyl (C=O) groups is 1. The van der Waals surface area contributed by atoms with E-state index in [0.717, 1.165) is 5.56 Å². The quantitative estimate of drug-likeness (QED) is 0.350. The van der Waals surface area contributed by atoms with Crippen LogP contribution in [-0.4, -0.2) is 21.2 Å². The van der Waals surface area contributed by atoms with Crippen LogP contribution in [0.4, 0.5) is 10.1 Å². The Morgan fingerprint density at radius 1 is 1.20 bits per heavy atom. The third-order valence-corrected chi connectivity index (χ3v) is 6.37. The van der Waals surface area contributed by atoms with Crippen molar-refractivity contribution in [3.8, 4) is 0 Å². The minimum atomic E-state index is -0.373. The molecule has 2 aromatic heterocycles. The normalized spacial score (nSPS) is 11.0. The Morgan fingerprint density at radius 2 is 2.00 bits per heavy atom. The van der Waals surface area contributed by atoms with Gasteiger partial charge in [-0.2, -0.15) is 0 Å². The van der Waals surface area contributed by atoms with Gasteiger partial charge >= 0.3 is 0 Å². The molecule has 1 N–H and O–H groups in total. The number of amides is 1. The fourth-order valence-corrected chi connectivity index (χ4v) is 4.51. The third-order valence-electron chi connectivity index (χ3n) is 4.50. The van der Waals surface area contributed by atoms with Crippen molar-refractivity contribution in [1.29, 1.82) is 0 Å². The molecule has 4 aromatic rings. The molecule has 0 aliphatic heterocycles. The highest BCUT2D eigenvalue weighted by atomic mass is 32.2. The van der Waals surface area contributed by atoms with E-state index in [2.05, 4.69) is 10.3 Å². The topological polar surface area (TPSA) is 64.0 Å². The number of hydrogen-bond donors (Lipinski definition) is 1. The zero-order valence-corrected chi connectivity index (χ0v) is 17.7. The minimum Gasteiger partial charge on any atom is -0.325 e. The van der Waals surface area contributed by atoms with Gasteiger partial charge in [0, 0.05) is 5.69 Å². The van der Waals surface area contributed by atoms with E-state index in [1.807, 2.05) is 35.7 Å². The third kappa shape index (κ3) is 4.44. The molecule has 0 radical (unpaired) electrons. The first-order valence-corrected chi connectivity index (χ1v) is 11.1. The number of thioether (sulfide) groups is 1. The second kappa shape index (κ2) is 8.81. The fraction of sp³-hybridized carbons (Fsp3) is 0.136. The number of fused-ring (bicyclic) bond motifs is 1. The molecule has 0 unspecified atom stereocenters. The average molecular weight is 440 g/mol. The van der Waals surface area contributed by atoms with Crippen LogP contribution in [0.15, 0.2) is 69.9 Å². The van der Waals surface area contributed by atoms with E-state index in [1.165, 1.54) is 29.2 Å². The van der Waals surface area contributed by atoms with Crippen LogP contribution in [0.1, 0.15) is 11.1 Å². The van der Waals surface area contributed by atoms with E-state index in [-0.39, 0.29) is 23.0 Å². The van der Waals surface area contributed by atoms with Gasteiger partial charge < -0.3 is 5.32 Å². The summed E-state index contributed by atoms with van der Waals surface area (Å²) in [5.41, 5.74) is 2.38. The van der Waals surface area contributed by atoms with Crippen molar-refractivity contribution in [3.63, 3.8) is 0 Å². The zero-order valence-electron chi connectivity index (χ0n) is 16.1. The van der Waals surface area contributed by atoms with Gasteiger partial charge in [0.15, 0.2) is 5.16 Å². The summed E-state index contributed by atoms with van der Waals surface area (Å²) in [6.45, 7) is 2.03. The lowest BCUT2D eigenvalue weighted by atomic mass is 10.2. The highest BCUT2D eigenvalue weighted by Crippen LogP contribution is 2.22. The first-order valence-electron chi connectivity index (χ1n) is 9.22. The molecule has 152 valence electrons. The molecule has 0 atom stereocenters. The lowest BCUT2D eigenvalue weighted by Crippen LogP contribution is -2.24. The highest BCUT2D eigenvalue weighted by molar-refractivity contribution is 7.99. The molecule has 0 spiro atoms. The number of carbonyl (C=O) groups excluding carboxylic acids is 1. The Labute approximate surface area is 180 Å². The van der Waals surface area contributed by atoms with E-state index >= 15 is 0 Å². The van der Waals surface area contributed by atoms with Crippen LogP contribution in [0.5, 0.6) is 0 Å². The molecule has 5 nitrogen and oxygen atoms in total. The van der Waals surface area contributed by atoms with Gasteiger partial charge in [-0.3, -0.25) is 14.2 Å². The monoisotopic (exact) mass is 439 g/mol. The predicted octanol–water partition coefficient (Wildman–Crippen LogP) is 4.68. The number of hydrogen-bond acceptors (Lipinski definition) is 5. The molecular weight excluding hydrogens is 421 g/mol. The Morgan fingerprint density at radius 3 is 2.77 bits per heavy atom. The number of nitrogens with zero attached hydrogens (tertiary/aromatic N) is 2. The van der Waals surface area contributed by atoms with E-state index in [9.17, 15) is 14.0 Å². The number of benzene rings is 2.